The van der Waals surface area contributed by atoms with Gasteiger partial charge in [0.1, 0.15) is 0 Å². The van der Waals surface area contributed by atoms with Gasteiger partial charge in [0.2, 0.25) is 0 Å². The minimum absolute atomic E-state index is 0.104. The predicted molar refractivity (Wildman–Crippen MR) is 71.4 cm³/mol. The van der Waals surface area contributed by atoms with E-state index < -0.39 is 5.82 Å². The Bertz CT molecular complexity index is 432. The Kier molecular flexibility index (Phi) is 4.85. The molecule has 2 rings (SSSR count). The molecule has 0 saturated carbocycles. The second kappa shape index (κ2) is 6.61. The summed E-state index contributed by atoms with van der Waals surface area (Å²) >= 11 is 0. The average molecular weight is 265 g/mol. The van der Waals surface area contributed by atoms with Gasteiger partial charge in [-0.2, -0.15) is 0 Å². The van der Waals surface area contributed by atoms with Gasteiger partial charge < -0.3 is 10.2 Å². The van der Waals surface area contributed by atoms with Crippen molar-refractivity contribution >= 4 is 5.91 Å². The molecule has 19 heavy (non-hydrogen) atoms. The average Bonchev–Trinajstić information content (AvgIpc) is 2.46. The molecule has 0 radical (unpaired) electrons. The molecule has 1 aliphatic rings. The maximum Gasteiger partial charge on any atom is 0.256 e. The summed E-state index contributed by atoms with van der Waals surface area (Å²) in [6.07, 6.45) is 5.98. The molecule has 1 amide bonds. The quantitative estimate of drug-likeness (QED) is 0.903. The van der Waals surface area contributed by atoms with E-state index in [0.29, 0.717) is 19.1 Å². The number of hydrogen-bond acceptors (Lipinski definition) is 3. The van der Waals surface area contributed by atoms with E-state index >= 15 is 0 Å². The number of pyridine rings is 1. The van der Waals surface area contributed by atoms with Crippen molar-refractivity contribution in [2.75, 3.05) is 19.6 Å². The number of amides is 1. The number of likely N-dealkylation sites (N-methyl/N-ethyl adjacent to an activating group) is 1. The highest BCUT2D eigenvalue weighted by Gasteiger charge is 2.22. The van der Waals surface area contributed by atoms with E-state index in [-0.39, 0.29) is 11.5 Å². The Balaban J connectivity index is 2.04. The fraction of sp³-hybridized carbons (Fsp3) is 0.571. The molecule has 0 aromatic carbocycles. The van der Waals surface area contributed by atoms with Crippen LogP contribution in [-0.2, 0) is 0 Å². The summed E-state index contributed by atoms with van der Waals surface area (Å²) in [5.74, 6) is -0.808. The molecule has 1 unspecified atom stereocenters. The molecule has 4 nitrogen and oxygen atoms in total. The molecule has 2 heterocycles. The van der Waals surface area contributed by atoms with E-state index in [1.807, 2.05) is 6.92 Å². The first-order valence-corrected chi connectivity index (χ1v) is 6.84. The lowest BCUT2D eigenvalue weighted by molar-refractivity contribution is 0.0736. The molecule has 0 aliphatic carbocycles. The lowest BCUT2D eigenvalue weighted by Crippen LogP contribution is -2.45. The van der Waals surface area contributed by atoms with Gasteiger partial charge in [-0.05, 0) is 32.4 Å². The normalized spacial score (nSPS) is 19.2. The Hall–Kier alpha value is -1.49. The SMILES string of the molecule is CCN(CC1CCCCN1)C(=O)c1ccncc1F. The zero-order chi connectivity index (χ0) is 13.7. The summed E-state index contributed by atoms with van der Waals surface area (Å²) in [6, 6.07) is 1.76. The second-order valence-electron chi connectivity index (χ2n) is 4.85. The van der Waals surface area contributed by atoms with Crippen LogP contribution in [0.15, 0.2) is 18.5 Å². The smallest absolute Gasteiger partial charge is 0.256 e. The van der Waals surface area contributed by atoms with Crippen molar-refractivity contribution in [2.45, 2.75) is 32.2 Å². The number of piperidine rings is 1. The van der Waals surface area contributed by atoms with Gasteiger partial charge in [0.05, 0.1) is 11.8 Å². The molecule has 1 fully saturated rings. The summed E-state index contributed by atoms with van der Waals surface area (Å²) in [6.45, 7) is 4.13. The molecule has 1 aromatic rings. The monoisotopic (exact) mass is 265 g/mol. The molecular formula is C14H20FN3O. The maximum atomic E-state index is 13.6. The number of rotatable bonds is 4. The first-order valence-electron chi connectivity index (χ1n) is 6.84. The Labute approximate surface area is 113 Å². The van der Waals surface area contributed by atoms with Crippen LogP contribution >= 0.6 is 0 Å². The van der Waals surface area contributed by atoms with Crippen LogP contribution in [0.1, 0.15) is 36.5 Å². The summed E-state index contributed by atoms with van der Waals surface area (Å²) in [5, 5.41) is 3.40. The first kappa shape index (κ1) is 13.9. The van der Waals surface area contributed by atoms with Gasteiger partial charge in [-0.15, -0.1) is 0 Å². The number of aromatic nitrogens is 1. The maximum absolute atomic E-state index is 13.6. The minimum Gasteiger partial charge on any atom is -0.337 e. The van der Waals surface area contributed by atoms with Crippen molar-refractivity contribution in [3.05, 3.63) is 29.8 Å². The summed E-state index contributed by atoms with van der Waals surface area (Å²) in [4.78, 5) is 17.7. The number of nitrogens with zero attached hydrogens (tertiary/aromatic N) is 2. The van der Waals surface area contributed by atoms with Crippen LogP contribution in [0.25, 0.3) is 0 Å². The number of carbonyl (C=O) groups excluding carboxylic acids is 1. The van der Waals surface area contributed by atoms with Gasteiger partial charge in [-0.1, -0.05) is 6.42 Å². The van der Waals surface area contributed by atoms with Gasteiger partial charge in [0.15, 0.2) is 5.82 Å². The predicted octanol–water partition coefficient (Wildman–Crippen LogP) is 1.82. The van der Waals surface area contributed by atoms with E-state index in [1.165, 1.54) is 25.1 Å². The molecule has 1 N–H and O–H groups in total. The van der Waals surface area contributed by atoms with Crippen molar-refractivity contribution < 1.29 is 9.18 Å². The van der Waals surface area contributed by atoms with Gasteiger partial charge >= 0.3 is 0 Å². The van der Waals surface area contributed by atoms with Crippen molar-refractivity contribution in [1.29, 1.82) is 0 Å². The summed E-state index contributed by atoms with van der Waals surface area (Å²) in [5.41, 5.74) is 0.104. The molecular weight excluding hydrogens is 245 g/mol. The zero-order valence-corrected chi connectivity index (χ0v) is 11.2. The molecule has 1 aliphatic heterocycles. The number of carbonyl (C=O) groups is 1. The van der Waals surface area contributed by atoms with Gasteiger partial charge in [0.25, 0.3) is 5.91 Å². The molecule has 1 saturated heterocycles. The van der Waals surface area contributed by atoms with Gasteiger partial charge in [-0.3, -0.25) is 9.78 Å². The highest BCUT2D eigenvalue weighted by molar-refractivity contribution is 5.94. The van der Waals surface area contributed by atoms with E-state index in [0.717, 1.165) is 19.2 Å². The lowest BCUT2D eigenvalue weighted by Gasteiger charge is -2.30. The largest absolute Gasteiger partial charge is 0.337 e. The van der Waals surface area contributed by atoms with Crippen molar-refractivity contribution in [3.63, 3.8) is 0 Å². The summed E-state index contributed by atoms with van der Waals surface area (Å²) in [7, 11) is 0. The zero-order valence-electron chi connectivity index (χ0n) is 11.2. The molecule has 0 bridgehead atoms. The number of hydrogen-bond donors (Lipinski definition) is 1. The molecule has 104 valence electrons. The third-order valence-corrected chi connectivity index (χ3v) is 3.52. The lowest BCUT2D eigenvalue weighted by atomic mass is 10.0. The highest BCUT2D eigenvalue weighted by Crippen LogP contribution is 2.12. The van der Waals surface area contributed by atoms with Crippen molar-refractivity contribution in [1.82, 2.24) is 15.2 Å². The molecule has 1 atom stereocenters. The van der Waals surface area contributed by atoms with Crippen LogP contribution in [0.5, 0.6) is 0 Å². The minimum atomic E-state index is -0.553. The van der Waals surface area contributed by atoms with E-state index in [4.69, 9.17) is 0 Å². The second-order valence-corrected chi connectivity index (χ2v) is 4.85. The van der Waals surface area contributed by atoms with E-state index in [9.17, 15) is 9.18 Å². The van der Waals surface area contributed by atoms with E-state index in [2.05, 4.69) is 10.3 Å². The van der Waals surface area contributed by atoms with Crippen LogP contribution in [0.4, 0.5) is 4.39 Å². The van der Waals surface area contributed by atoms with Crippen LogP contribution < -0.4 is 5.32 Å². The molecule has 5 heteroatoms. The Morgan fingerprint density at radius 3 is 3.05 bits per heavy atom. The Morgan fingerprint density at radius 1 is 1.58 bits per heavy atom. The van der Waals surface area contributed by atoms with Crippen molar-refractivity contribution in [3.8, 4) is 0 Å². The number of nitrogens with one attached hydrogen (secondary N) is 1. The fourth-order valence-corrected chi connectivity index (χ4v) is 2.42. The standard InChI is InChI=1S/C14H20FN3O/c1-2-18(10-11-5-3-4-7-17-11)14(19)12-6-8-16-9-13(12)15/h6,8-9,11,17H,2-5,7,10H2,1H3. The molecule has 1 aromatic heterocycles. The van der Waals surface area contributed by atoms with Crippen LogP contribution in [0.2, 0.25) is 0 Å². The fourth-order valence-electron chi connectivity index (χ4n) is 2.42. The summed E-state index contributed by atoms with van der Waals surface area (Å²) < 4.78 is 13.6. The molecule has 0 spiro atoms. The van der Waals surface area contributed by atoms with Crippen molar-refractivity contribution in [2.24, 2.45) is 0 Å². The van der Waals surface area contributed by atoms with Gasteiger partial charge in [0, 0.05) is 25.3 Å². The third-order valence-electron chi connectivity index (χ3n) is 3.52. The van der Waals surface area contributed by atoms with Crippen LogP contribution in [-0.4, -0.2) is 41.5 Å². The topological polar surface area (TPSA) is 45.2 Å². The Morgan fingerprint density at radius 2 is 2.42 bits per heavy atom. The highest BCUT2D eigenvalue weighted by atomic mass is 19.1. The van der Waals surface area contributed by atoms with E-state index in [1.54, 1.807) is 4.90 Å². The van der Waals surface area contributed by atoms with Crippen LogP contribution in [0.3, 0.4) is 0 Å². The first-order chi connectivity index (χ1) is 9.22. The van der Waals surface area contributed by atoms with Crippen LogP contribution in [0, 0.1) is 5.82 Å². The number of halogens is 1. The third kappa shape index (κ3) is 3.50. The van der Waals surface area contributed by atoms with Gasteiger partial charge in [-0.25, -0.2) is 4.39 Å².